The Bertz CT molecular complexity index is 343. The monoisotopic (exact) mass is 253 g/mol. The molecule has 70 valence electrons. The zero-order chi connectivity index (χ0) is 10.0. The number of carbonyl (C=O) groups is 1. The molecule has 1 aromatic rings. The highest BCUT2D eigenvalue weighted by molar-refractivity contribution is 9.10. The van der Waals surface area contributed by atoms with Crippen molar-refractivity contribution in [3.8, 4) is 0 Å². The second-order valence-corrected chi connectivity index (χ2v) is 2.97. The van der Waals surface area contributed by atoms with Crippen molar-refractivity contribution < 1.29 is 18.0 Å². The molecule has 0 atom stereocenters. The Morgan fingerprint density at radius 3 is 2.62 bits per heavy atom. The summed E-state index contributed by atoms with van der Waals surface area (Å²) in [5.41, 5.74) is -1.35. The van der Waals surface area contributed by atoms with Gasteiger partial charge in [-0.15, -0.1) is 0 Å². The summed E-state index contributed by atoms with van der Waals surface area (Å²) in [5.74, 6) is -1.33. The van der Waals surface area contributed by atoms with Gasteiger partial charge in [-0.05, 0) is 22.0 Å². The molecule has 1 rings (SSSR count). The van der Waals surface area contributed by atoms with Crippen molar-refractivity contribution in [1.29, 1.82) is 0 Å². The molecule has 0 spiro atoms. The summed E-state index contributed by atoms with van der Waals surface area (Å²) >= 11 is 2.78. The van der Waals surface area contributed by atoms with E-state index in [9.17, 15) is 18.0 Å². The van der Waals surface area contributed by atoms with Gasteiger partial charge in [-0.25, -0.2) is 13.8 Å². The van der Waals surface area contributed by atoms with E-state index >= 15 is 0 Å². The largest absolute Gasteiger partial charge is 0.298 e. The molecule has 1 aromatic heterocycles. The number of nitrogens with zero attached hydrogens (tertiary/aromatic N) is 1. The minimum atomic E-state index is -3.04. The molecule has 0 saturated carbocycles. The van der Waals surface area contributed by atoms with Crippen molar-refractivity contribution in [1.82, 2.24) is 4.98 Å². The van der Waals surface area contributed by atoms with E-state index in [-0.39, 0.29) is 10.9 Å². The van der Waals surface area contributed by atoms with Crippen LogP contribution in [0.15, 0.2) is 10.7 Å². The summed E-state index contributed by atoms with van der Waals surface area (Å²) in [6.45, 7) is 0. The van der Waals surface area contributed by atoms with E-state index in [1.54, 1.807) is 0 Å². The molecular weight excluding hydrogens is 251 g/mol. The molecule has 13 heavy (non-hydrogen) atoms. The zero-order valence-electron chi connectivity index (χ0n) is 6.10. The molecule has 0 radical (unpaired) electrons. The van der Waals surface area contributed by atoms with Crippen molar-refractivity contribution in [2.75, 3.05) is 0 Å². The zero-order valence-corrected chi connectivity index (χ0v) is 7.69. The van der Waals surface area contributed by atoms with Gasteiger partial charge in [-0.3, -0.25) is 4.79 Å². The first kappa shape index (κ1) is 10.2. The maximum absolute atomic E-state index is 12.8. The topological polar surface area (TPSA) is 30.0 Å². The van der Waals surface area contributed by atoms with Crippen LogP contribution in [0.5, 0.6) is 0 Å². The SMILES string of the molecule is O=Cc1cc(Br)nc(F)c1C(F)F. The Morgan fingerprint density at radius 2 is 2.15 bits per heavy atom. The van der Waals surface area contributed by atoms with Gasteiger partial charge in [-0.2, -0.15) is 4.39 Å². The standard InChI is InChI=1S/C7H3BrF3NO/c8-4-1-3(2-13)5(6(9)10)7(11)12-4/h1-2,6H. The summed E-state index contributed by atoms with van der Waals surface area (Å²) in [6, 6.07) is 1.04. The molecule has 1 heterocycles. The normalized spacial score (nSPS) is 10.5. The molecule has 0 saturated heterocycles. The summed E-state index contributed by atoms with van der Waals surface area (Å²) in [5, 5.41) is 0. The van der Waals surface area contributed by atoms with Gasteiger partial charge in [0.05, 0.1) is 5.56 Å². The van der Waals surface area contributed by atoms with Crippen LogP contribution in [0.1, 0.15) is 22.3 Å². The molecule has 0 aromatic carbocycles. The predicted octanol–water partition coefficient (Wildman–Crippen LogP) is 2.73. The van der Waals surface area contributed by atoms with Gasteiger partial charge in [0.25, 0.3) is 6.43 Å². The van der Waals surface area contributed by atoms with Crippen molar-refractivity contribution in [2.24, 2.45) is 0 Å². The minimum absolute atomic E-state index is 0.0106. The van der Waals surface area contributed by atoms with Gasteiger partial charge in [0.15, 0.2) is 6.29 Å². The van der Waals surface area contributed by atoms with E-state index in [1.807, 2.05) is 0 Å². The third kappa shape index (κ3) is 2.06. The lowest BCUT2D eigenvalue weighted by atomic mass is 10.1. The molecule has 0 N–H and O–H groups in total. The van der Waals surface area contributed by atoms with Crippen LogP contribution in [-0.4, -0.2) is 11.3 Å². The minimum Gasteiger partial charge on any atom is -0.298 e. The van der Waals surface area contributed by atoms with Gasteiger partial charge in [0.1, 0.15) is 4.60 Å². The number of rotatable bonds is 2. The van der Waals surface area contributed by atoms with Gasteiger partial charge in [0.2, 0.25) is 5.95 Å². The number of carbonyl (C=O) groups excluding carboxylic acids is 1. The first-order chi connectivity index (χ1) is 6.06. The maximum Gasteiger partial charge on any atom is 0.268 e. The molecule has 0 unspecified atom stereocenters. The molecular formula is C7H3BrF3NO. The van der Waals surface area contributed by atoms with Crippen LogP contribution >= 0.6 is 15.9 Å². The summed E-state index contributed by atoms with van der Waals surface area (Å²) < 4.78 is 37.1. The molecule has 0 bridgehead atoms. The van der Waals surface area contributed by atoms with Crippen LogP contribution in [0.4, 0.5) is 13.2 Å². The molecule has 0 aliphatic carbocycles. The summed E-state index contributed by atoms with van der Waals surface area (Å²) in [6.07, 6.45) is -2.88. The van der Waals surface area contributed by atoms with Crippen molar-refractivity contribution in [3.63, 3.8) is 0 Å². The lowest BCUT2D eigenvalue weighted by Gasteiger charge is -2.04. The number of alkyl halides is 2. The fourth-order valence-electron chi connectivity index (χ4n) is 0.825. The number of aromatic nitrogens is 1. The van der Waals surface area contributed by atoms with Crippen LogP contribution in [-0.2, 0) is 0 Å². The number of aldehydes is 1. The first-order valence-corrected chi connectivity index (χ1v) is 3.95. The van der Waals surface area contributed by atoms with Crippen LogP contribution in [0.2, 0.25) is 0 Å². The van der Waals surface area contributed by atoms with Crippen molar-refractivity contribution in [3.05, 3.63) is 27.7 Å². The van der Waals surface area contributed by atoms with E-state index in [0.29, 0.717) is 0 Å². The van der Waals surface area contributed by atoms with Crippen molar-refractivity contribution in [2.45, 2.75) is 6.43 Å². The van der Waals surface area contributed by atoms with Gasteiger partial charge in [-0.1, -0.05) is 0 Å². The van der Waals surface area contributed by atoms with Gasteiger partial charge < -0.3 is 0 Å². The van der Waals surface area contributed by atoms with E-state index in [2.05, 4.69) is 20.9 Å². The average molecular weight is 254 g/mol. The first-order valence-electron chi connectivity index (χ1n) is 3.15. The Kier molecular flexibility index (Phi) is 3.02. The van der Waals surface area contributed by atoms with Crippen LogP contribution < -0.4 is 0 Å². The highest BCUT2D eigenvalue weighted by Crippen LogP contribution is 2.25. The number of halogens is 4. The smallest absolute Gasteiger partial charge is 0.268 e. The van der Waals surface area contributed by atoms with Crippen LogP contribution in [0, 0.1) is 5.95 Å². The third-order valence-electron chi connectivity index (χ3n) is 1.36. The second-order valence-electron chi connectivity index (χ2n) is 2.16. The number of hydrogen-bond acceptors (Lipinski definition) is 2. The fraction of sp³-hybridized carbons (Fsp3) is 0.143. The molecule has 0 amide bonds. The average Bonchev–Trinajstić information content (AvgIpc) is 2.01. The molecule has 0 aliphatic heterocycles. The van der Waals surface area contributed by atoms with Crippen LogP contribution in [0.3, 0.4) is 0 Å². The highest BCUT2D eigenvalue weighted by Gasteiger charge is 2.19. The summed E-state index contributed by atoms with van der Waals surface area (Å²) in [4.78, 5) is 13.4. The maximum atomic E-state index is 12.8. The molecule has 0 fully saturated rings. The number of hydrogen-bond donors (Lipinski definition) is 0. The molecule has 0 aliphatic rings. The van der Waals surface area contributed by atoms with Gasteiger partial charge >= 0.3 is 0 Å². The van der Waals surface area contributed by atoms with Crippen molar-refractivity contribution >= 4 is 22.2 Å². The van der Waals surface area contributed by atoms with E-state index in [0.717, 1.165) is 6.07 Å². The van der Waals surface area contributed by atoms with E-state index in [1.165, 1.54) is 0 Å². The van der Waals surface area contributed by atoms with Gasteiger partial charge in [0, 0.05) is 5.56 Å². The number of pyridine rings is 1. The fourth-order valence-corrected chi connectivity index (χ4v) is 1.23. The second kappa shape index (κ2) is 3.87. The quantitative estimate of drug-likeness (QED) is 0.600. The lowest BCUT2D eigenvalue weighted by Crippen LogP contribution is -2.01. The molecule has 6 heteroatoms. The Labute approximate surface area is 79.9 Å². The highest BCUT2D eigenvalue weighted by atomic mass is 79.9. The Morgan fingerprint density at radius 1 is 1.54 bits per heavy atom. The van der Waals surface area contributed by atoms with E-state index < -0.39 is 23.5 Å². The Hall–Kier alpha value is -0.910. The van der Waals surface area contributed by atoms with Crippen LogP contribution in [0.25, 0.3) is 0 Å². The molecule has 2 nitrogen and oxygen atoms in total. The summed E-state index contributed by atoms with van der Waals surface area (Å²) in [7, 11) is 0. The predicted molar refractivity (Wildman–Crippen MR) is 42.2 cm³/mol. The Balaban J connectivity index is 3.38. The van der Waals surface area contributed by atoms with E-state index in [4.69, 9.17) is 0 Å². The third-order valence-corrected chi connectivity index (χ3v) is 1.76. The lowest BCUT2D eigenvalue weighted by molar-refractivity contribution is 0.110.